The van der Waals surface area contributed by atoms with Crippen molar-refractivity contribution in [3.63, 3.8) is 0 Å². The van der Waals surface area contributed by atoms with Crippen molar-refractivity contribution in [3.05, 3.63) is 90.0 Å². The number of fused-ring (bicyclic) bond motifs is 1. The number of ether oxygens (including phenoxy) is 1. The minimum absolute atomic E-state index is 0.109. The van der Waals surface area contributed by atoms with Gasteiger partial charge in [-0.1, -0.05) is 42.5 Å². The Hall–Kier alpha value is -3.10. The fourth-order valence-electron chi connectivity index (χ4n) is 3.54. The number of amides is 1. The molecule has 6 nitrogen and oxygen atoms in total. The van der Waals surface area contributed by atoms with Gasteiger partial charge in [-0.15, -0.1) is 11.8 Å². The normalized spacial score (nSPS) is 15.7. The van der Waals surface area contributed by atoms with Crippen LogP contribution in [-0.2, 0) is 19.4 Å². The number of esters is 1. The van der Waals surface area contributed by atoms with Crippen LogP contribution in [0.25, 0.3) is 0 Å². The molecule has 1 aliphatic heterocycles. The summed E-state index contributed by atoms with van der Waals surface area (Å²) in [6.45, 7) is -0.422. The molecule has 32 heavy (non-hydrogen) atoms. The van der Waals surface area contributed by atoms with E-state index in [1.165, 1.54) is 24.3 Å². The van der Waals surface area contributed by atoms with Gasteiger partial charge in [0.25, 0.3) is 5.91 Å². The van der Waals surface area contributed by atoms with E-state index in [-0.39, 0.29) is 22.4 Å². The van der Waals surface area contributed by atoms with Gasteiger partial charge in [0.15, 0.2) is 16.4 Å². The zero-order valence-corrected chi connectivity index (χ0v) is 18.9. The van der Waals surface area contributed by atoms with Gasteiger partial charge in [-0.3, -0.25) is 9.69 Å². The standard InChI is InChI=1S/C24H21NO5S2/c1-32(28,29)19-13-11-18(12-14-19)24(27)30-15-23(26)25-20-9-5-6-10-22(20)31-16-21(25)17-7-3-2-4-8-17/h2-14,21H,15-16H2,1H3. The first-order valence-electron chi connectivity index (χ1n) is 9.90. The summed E-state index contributed by atoms with van der Waals surface area (Å²) in [5.74, 6) is -0.324. The Bertz CT molecular complexity index is 1240. The third-order valence-electron chi connectivity index (χ3n) is 5.13. The Morgan fingerprint density at radius 2 is 1.62 bits per heavy atom. The fraction of sp³-hybridized carbons (Fsp3) is 0.167. The number of para-hydroxylation sites is 1. The van der Waals surface area contributed by atoms with Crippen molar-refractivity contribution in [1.82, 2.24) is 0 Å². The van der Waals surface area contributed by atoms with Crippen molar-refractivity contribution in [1.29, 1.82) is 0 Å². The van der Waals surface area contributed by atoms with E-state index in [1.807, 2.05) is 54.6 Å². The van der Waals surface area contributed by atoms with Crippen LogP contribution in [0.4, 0.5) is 5.69 Å². The number of hydrogen-bond acceptors (Lipinski definition) is 6. The Balaban J connectivity index is 1.53. The number of hydrogen-bond donors (Lipinski definition) is 0. The van der Waals surface area contributed by atoms with E-state index in [0.29, 0.717) is 5.75 Å². The predicted octanol–water partition coefficient (Wildman–Crippen LogP) is 4.13. The third kappa shape index (κ3) is 4.71. The Morgan fingerprint density at radius 1 is 0.969 bits per heavy atom. The smallest absolute Gasteiger partial charge is 0.338 e. The molecular formula is C24H21NO5S2. The average molecular weight is 468 g/mol. The van der Waals surface area contributed by atoms with Gasteiger partial charge < -0.3 is 4.74 Å². The van der Waals surface area contributed by atoms with E-state index in [1.54, 1.807) is 16.7 Å². The SMILES string of the molecule is CS(=O)(=O)c1ccc(C(=O)OCC(=O)N2c3ccccc3SCC2c2ccccc2)cc1. The molecule has 3 aromatic rings. The number of carbonyl (C=O) groups excluding carboxylic acids is 2. The monoisotopic (exact) mass is 467 g/mol. The molecule has 1 amide bonds. The molecule has 0 spiro atoms. The number of sulfone groups is 1. The van der Waals surface area contributed by atoms with E-state index in [9.17, 15) is 18.0 Å². The largest absolute Gasteiger partial charge is 0.452 e. The molecule has 1 atom stereocenters. The first-order chi connectivity index (χ1) is 15.3. The van der Waals surface area contributed by atoms with Crippen molar-refractivity contribution in [2.24, 2.45) is 0 Å². The van der Waals surface area contributed by atoms with Crippen LogP contribution < -0.4 is 4.90 Å². The van der Waals surface area contributed by atoms with Gasteiger partial charge in [-0.05, 0) is 42.0 Å². The Kier molecular flexibility index (Phi) is 6.34. The summed E-state index contributed by atoms with van der Waals surface area (Å²) in [5.41, 5.74) is 1.97. The van der Waals surface area contributed by atoms with E-state index >= 15 is 0 Å². The molecule has 0 saturated carbocycles. The van der Waals surface area contributed by atoms with Gasteiger partial charge in [0.2, 0.25) is 0 Å². The summed E-state index contributed by atoms with van der Waals surface area (Å²) in [7, 11) is -3.36. The topological polar surface area (TPSA) is 80.7 Å². The second-order valence-electron chi connectivity index (χ2n) is 7.34. The van der Waals surface area contributed by atoms with Gasteiger partial charge in [-0.2, -0.15) is 0 Å². The maximum Gasteiger partial charge on any atom is 0.338 e. The zero-order valence-electron chi connectivity index (χ0n) is 17.3. The molecule has 0 N–H and O–H groups in total. The minimum atomic E-state index is -3.36. The first kappa shape index (κ1) is 22.1. The van der Waals surface area contributed by atoms with Crippen molar-refractivity contribution >= 4 is 39.2 Å². The van der Waals surface area contributed by atoms with Gasteiger partial charge >= 0.3 is 5.97 Å². The van der Waals surface area contributed by atoms with Crippen LogP contribution in [0.2, 0.25) is 0 Å². The molecule has 0 saturated heterocycles. The molecule has 8 heteroatoms. The lowest BCUT2D eigenvalue weighted by molar-refractivity contribution is -0.122. The molecule has 1 heterocycles. The molecule has 0 aromatic heterocycles. The molecular weight excluding hydrogens is 446 g/mol. The van der Waals surface area contributed by atoms with Crippen molar-refractivity contribution in [2.75, 3.05) is 23.5 Å². The molecule has 0 bridgehead atoms. The van der Waals surface area contributed by atoms with Gasteiger partial charge in [0, 0.05) is 16.9 Å². The maximum atomic E-state index is 13.2. The first-order valence-corrected chi connectivity index (χ1v) is 12.8. The van der Waals surface area contributed by atoms with Gasteiger partial charge in [0.1, 0.15) is 0 Å². The van der Waals surface area contributed by atoms with E-state index in [2.05, 4.69) is 0 Å². The lowest BCUT2D eigenvalue weighted by Crippen LogP contribution is -2.41. The third-order valence-corrected chi connectivity index (χ3v) is 7.40. The minimum Gasteiger partial charge on any atom is -0.452 e. The fourth-order valence-corrected chi connectivity index (χ4v) is 5.33. The summed E-state index contributed by atoms with van der Waals surface area (Å²) in [5, 5.41) is 0. The second-order valence-corrected chi connectivity index (χ2v) is 10.4. The zero-order chi connectivity index (χ0) is 22.7. The Labute approximate surface area is 191 Å². The van der Waals surface area contributed by atoms with Crippen molar-refractivity contribution in [2.45, 2.75) is 15.8 Å². The molecule has 164 valence electrons. The molecule has 0 fully saturated rings. The summed E-state index contributed by atoms with van der Waals surface area (Å²) in [4.78, 5) is 28.5. The summed E-state index contributed by atoms with van der Waals surface area (Å²) in [6, 6.07) is 22.7. The highest BCUT2D eigenvalue weighted by molar-refractivity contribution is 7.99. The molecule has 0 radical (unpaired) electrons. The van der Waals surface area contributed by atoms with E-state index in [0.717, 1.165) is 22.4 Å². The molecule has 1 unspecified atom stereocenters. The predicted molar refractivity (Wildman–Crippen MR) is 124 cm³/mol. The van der Waals surface area contributed by atoms with Crippen LogP contribution in [-0.4, -0.2) is 38.9 Å². The summed E-state index contributed by atoms with van der Waals surface area (Å²) < 4.78 is 28.5. The maximum absolute atomic E-state index is 13.2. The van der Waals surface area contributed by atoms with Crippen LogP contribution in [0.15, 0.2) is 88.7 Å². The van der Waals surface area contributed by atoms with Gasteiger partial charge in [0.05, 0.1) is 22.2 Å². The summed E-state index contributed by atoms with van der Waals surface area (Å²) >= 11 is 1.69. The van der Waals surface area contributed by atoms with Crippen LogP contribution in [0.3, 0.4) is 0 Å². The van der Waals surface area contributed by atoms with Crippen LogP contribution in [0.1, 0.15) is 22.0 Å². The highest BCUT2D eigenvalue weighted by Gasteiger charge is 2.33. The van der Waals surface area contributed by atoms with Crippen molar-refractivity contribution in [3.8, 4) is 0 Å². The number of rotatable bonds is 5. The van der Waals surface area contributed by atoms with Crippen LogP contribution in [0, 0.1) is 0 Å². The van der Waals surface area contributed by atoms with E-state index < -0.39 is 22.4 Å². The van der Waals surface area contributed by atoms with Crippen LogP contribution in [0.5, 0.6) is 0 Å². The summed E-state index contributed by atoms with van der Waals surface area (Å²) in [6.07, 6.45) is 1.09. The number of thioether (sulfide) groups is 1. The quantitative estimate of drug-likeness (QED) is 0.525. The van der Waals surface area contributed by atoms with E-state index in [4.69, 9.17) is 4.74 Å². The van der Waals surface area contributed by atoms with Crippen LogP contribution >= 0.6 is 11.8 Å². The number of anilines is 1. The molecule has 0 aliphatic carbocycles. The highest BCUT2D eigenvalue weighted by Crippen LogP contribution is 2.43. The lowest BCUT2D eigenvalue weighted by Gasteiger charge is -2.37. The molecule has 1 aliphatic rings. The van der Waals surface area contributed by atoms with Crippen molar-refractivity contribution < 1.29 is 22.7 Å². The van der Waals surface area contributed by atoms with Gasteiger partial charge in [-0.25, -0.2) is 13.2 Å². The number of benzene rings is 3. The highest BCUT2D eigenvalue weighted by atomic mass is 32.2. The molecule has 4 rings (SSSR count). The Morgan fingerprint density at radius 3 is 2.31 bits per heavy atom. The lowest BCUT2D eigenvalue weighted by atomic mass is 10.1. The number of carbonyl (C=O) groups is 2. The second kappa shape index (κ2) is 9.18. The number of nitrogens with zero attached hydrogens (tertiary/aromatic N) is 1. The molecule has 3 aromatic carbocycles. The average Bonchev–Trinajstić information content (AvgIpc) is 2.81.